The number of amides is 1. The third-order valence-corrected chi connectivity index (χ3v) is 4.38. The number of hydrogen-bond donors (Lipinski definition) is 3. The first-order valence-corrected chi connectivity index (χ1v) is 7.95. The number of nitrogens with zero attached hydrogens (tertiary/aromatic N) is 1. The average molecular weight is 306 g/mol. The van der Waals surface area contributed by atoms with Crippen molar-refractivity contribution in [1.29, 1.82) is 0 Å². The molecule has 1 heterocycles. The number of sulfonamides is 1. The molecule has 1 aromatic heterocycles. The second-order valence-electron chi connectivity index (χ2n) is 4.85. The summed E-state index contributed by atoms with van der Waals surface area (Å²) in [6.07, 6.45) is 4.56. The Morgan fingerprint density at radius 2 is 1.95 bits per heavy atom. The van der Waals surface area contributed by atoms with E-state index in [1.54, 1.807) is 24.3 Å². The number of imidazole rings is 1. The molecule has 0 atom stereocenters. The molecular weight excluding hydrogens is 292 g/mol. The Bertz CT molecular complexity index is 734. The van der Waals surface area contributed by atoms with E-state index >= 15 is 0 Å². The summed E-state index contributed by atoms with van der Waals surface area (Å²) < 4.78 is 26.4. The van der Waals surface area contributed by atoms with E-state index in [-0.39, 0.29) is 17.0 Å². The van der Waals surface area contributed by atoms with Gasteiger partial charge in [-0.05, 0) is 37.1 Å². The lowest BCUT2D eigenvalue weighted by molar-refractivity contribution is 0.0951. The maximum Gasteiger partial charge on any atom is 0.278 e. The van der Waals surface area contributed by atoms with Gasteiger partial charge in [0.25, 0.3) is 15.9 Å². The number of nitrogens with one attached hydrogen (secondary N) is 3. The molecule has 0 aliphatic heterocycles. The molecule has 7 nitrogen and oxygen atoms in total. The molecule has 1 fully saturated rings. The molecule has 0 saturated heterocycles. The van der Waals surface area contributed by atoms with Gasteiger partial charge in [0.1, 0.15) is 0 Å². The van der Waals surface area contributed by atoms with Gasteiger partial charge in [0, 0.05) is 17.3 Å². The molecule has 1 saturated carbocycles. The molecule has 0 radical (unpaired) electrons. The van der Waals surface area contributed by atoms with Crippen LogP contribution in [0.25, 0.3) is 0 Å². The lowest BCUT2D eigenvalue weighted by Crippen LogP contribution is -2.25. The van der Waals surface area contributed by atoms with Crippen molar-refractivity contribution >= 4 is 21.6 Å². The minimum Gasteiger partial charge on any atom is -0.349 e. The topological polar surface area (TPSA) is 104 Å². The van der Waals surface area contributed by atoms with E-state index in [2.05, 4.69) is 20.0 Å². The summed E-state index contributed by atoms with van der Waals surface area (Å²) in [5, 5.41) is 2.85. The molecule has 21 heavy (non-hydrogen) atoms. The van der Waals surface area contributed by atoms with Gasteiger partial charge in [0.2, 0.25) is 0 Å². The zero-order chi connectivity index (χ0) is 14.9. The largest absolute Gasteiger partial charge is 0.349 e. The van der Waals surface area contributed by atoms with Crippen molar-refractivity contribution in [2.75, 3.05) is 4.72 Å². The molecule has 1 aliphatic rings. The highest BCUT2D eigenvalue weighted by Gasteiger charge is 2.23. The van der Waals surface area contributed by atoms with Crippen LogP contribution >= 0.6 is 0 Å². The quantitative estimate of drug-likeness (QED) is 0.769. The number of H-pyrrole nitrogens is 1. The maximum atomic E-state index is 12.0. The van der Waals surface area contributed by atoms with E-state index in [4.69, 9.17) is 0 Å². The van der Waals surface area contributed by atoms with Crippen molar-refractivity contribution in [3.8, 4) is 0 Å². The third kappa shape index (κ3) is 3.22. The standard InChI is InChI=1S/C13H14N4O3S/c18-13(16-10-5-6-10)9-1-3-11(4-2-9)17-21(19,20)12-7-14-8-15-12/h1-4,7-8,10,17H,5-6H2,(H,14,15)(H,16,18). The Hall–Kier alpha value is -2.35. The fourth-order valence-electron chi connectivity index (χ4n) is 1.79. The summed E-state index contributed by atoms with van der Waals surface area (Å²) in [7, 11) is -3.68. The van der Waals surface area contributed by atoms with Crippen molar-refractivity contribution in [2.24, 2.45) is 0 Å². The first-order valence-electron chi connectivity index (χ1n) is 6.47. The summed E-state index contributed by atoms with van der Waals surface area (Å²) >= 11 is 0. The van der Waals surface area contributed by atoms with Crippen LogP contribution in [0.2, 0.25) is 0 Å². The highest BCUT2D eigenvalue weighted by atomic mass is 32.2. The monoisotopic (exact) mass is 306 g/mol. The number of rotatable bonds is 5. The zero-order valence-corrected chi connectivity index (χ0v) is 11.9. The van der Waals surface area contributed by atoms with Crippen molar-refractivity contribution in [1.82, 2.24) is 15.3 Å². The molecule has 8 heteroatoms. The number of anilines is 1. The van der Waals surface area contributed by atoms with E-state index in [0.717, 1.165) is 12.8 Å². The minimum atomic E-state index is -3.68. The minimum absolute atomic E-state index is 0.0157. The van der Waals surface area contributed by atoms with Crippen molar-refractivity contribution in [3.63, 3.8) is 0 Å². The van der Waals surface area contributed by atoms with Crippen LogP contribution in [0, 0.1) is 0 Å². The van der Waals surface area contributed by atoms with Gasteiger partial charge in [-0.1, -0.05) is 0 Å². The van der Waals surface area contributed by atoms with E-state index < -0.39 is 10.0 Å². The lowest BCUT2D eigenvalue weighted by atomic mass is 10.2. The Morgan fingerprint density at radius 3 is 2.52 bits per heavy atom. The molecule has 0 bridgehead atoms. The Balaban J connectivity index is 1.71. The van der Waals surface area contributed by atoms with Gasteiger partial charge in [-0.2, -0.15) is 8.42 Å². The van der Waals surface area contributed by atoms with Crippen LogP contribution in [0.1, 0.15) is 23.2 Å². The zero-order valence-electron chi connectivity index (χ0n) is 11.0. The molecule has 3 rings (SSSR count). The molecule has 2 aromatic rings. The highest BCUT2D eigenvalue weighted by Crippen LogP contribution is 2.20. The number of benzene rings is 1. The van der Waals surface area contributed by atoms with Gasteiger partial charge < -0.3 is 10.3 Å². The van der Waals surface area contributed by atoms with Crippen molar-refractivity contribution < 1.29 is 13.2 Å². The number of aromatic nitrogens is 2. The first-order chi connectivity index (χ1) is 10.0. The van der Waals surface area contributed by atoms with Gasteiger partial charge in [-0.3, -0.25) is 9.52 Å². The van der Waals surface area contributed by atoms with Crippen LogP contribution in [-0.2, 0) is 10.0 Å². The van der Waals surface area contributed by atoms with Crippen LogP contribution < -0.4 is 10.0 Å². The van der Waals surface area contributed by atoms with Gasteiger partial charge in [0.15, 0.2) is 5.03 Å². The molecular formula is C13H14N4O3S. The molecule has 0 unspecified atom stereocenters. The van der Waals surface area contributed by atoms with Gasteiger partial charge in [-0.25, -0.2) is 4.98 Å². The smallest absolute Gasteiger partial charge is 0.278 e. The normalized spacial score (nSPS) is 14.7. The Labute approximate surface area is 121 Å². The molecule has 1 aromatic carbocycles. The summed E-state index contributed by atoms with van der Waals surface area (Å²) in [4.78, 5) is 18.0. The highest BCUT2D eigenvalue weighted by molar-refractivity contribution is 7.92. The van der Waals surface area contributed by atoms with E-state index in [1.165, 1.54) is 12.5 Å². The molecule has 0 spiro atoms. The van der Waals surface area contributed by atoms with E-state index in [1.807, 2.05) is 0 Å². The molecule has 1 amide bonds. The lowest BCUT2D eigenvalue weighted by Gasteiger charge is -2.07. The van der Waals surface area contributed by atoms with Crippen molar-refractivity contribution in [2.45, 2.75) is 23.9 Å². The summed E-state index contributed by atoms with van der Waals surface area (Å²) in [5.74, 6) is -0.138. The van der Waals surface area contributed by atoms with Crippen LogP contribution in [-0.4, -0.2) is 30.3 Å². The number of carbonyl (C=O) groups excluding carboxylic acids is 1. The number of carbonyl (C=O) groups is 1. The molecule has 110 valence electrons. The summed E-state index contributed by atoms with van der Waals surface area (Å²) in [6, 6.07) is 6.56. The maximum absolute atomic E-state index is 12.0. The predicted molar refractivity (Wildman–Crippen MR) is 76.3 cm³/mol. The number of hydrogen-bond acceptors (Lipinski definition) is 4. The van der Waals surface area contributed by atoms with Crippen LogP contribution in [0.15, 0.2) is 41.8 Å². The Morgan fingerprint density at radius 1 is 1.24 bits per heavy atom. The average Bonchev–Trinajstić information content (AvgIpc) is 3.07. The fourth-order valence-corrected chi connectivity index (χ4v) is 2.75. The van der Waals surface area contributed by atoms with Crippen LogP contribution in [0.3, 0.4) is 0 Å². The second-order valence-corrected chi connectivity index (χ2v) is 6.50. The Kier molecular flexibility index (Phi) is 3.38. The van der Waals surface area contributed by atoms with Crippen molar-refractivity contribution in [3.05, 3.63) is 42.4 Å². The molecule has 3 N–H and O–H groups in total. The second kappa shape index (κ2) is 5.21. The van der Waals surface area contributed by atoms with Gasteiger partial charge >= 0.3 is 0 Å². The van der Waals surface area contributed by atoms with Gasteiger partial charge in [0.05, 0.1) is 12.5 Å². The van der Waals surface area contributed by atoms with E-state index in [9.17, 15) is 13.2 Å². The molecule has 1 aliphatic carbocycles. The fraction of sp³-hybridized carbons (Fsp3) is 0.231. The first kappa shape index (κ1) is 13.6. The SMILES string of the molecule is O=C(NC1CC1)c1ccc(NS(=O)(=O)c2cnc[nH]2)cc1. The number of aromatic amines is 1. The predicted octanol–water partition coefficient (Wildman–Crippen LogP) is 1.10. The summed E-state index contributed by atoms with van der Waals surface area (Å²) in [6.45, 7) is 0. The summed E-state index contributed by atoms with van der Waals surface area (Å²) in [5.41, 5.74) is 0.888. The van der Waals surface area contributed by atoms with E-state index in [0.29, 0.717) is 11.3 Å². The third-order valence-electron chi connectivity index (χ3n) is 3.07. The van der Waals surface area contributed by atoms with Crippen LogP contribution in [0.5, 0.6) is 0 Å². The van der Waals surface area contributed by atoms with Gasteiger partial charge in [-0.15, -0.1) is 0 Å². The van der Waals surface area contributed by atoms with Crippen LogP contribution in [0.4, 0.5) is 5.69 Å².